The molecule has 2 rings (SSSR count). The summed E-state index contributed by atoms with van der Waals surface area (Å²) in [5, 5.41) is 10.6. The van der Waals surface area contributed by atoms with Crippen molar-refractivity contribution in [3.05, 3.63) is 11.6 Å². The molecule has 1 amide bonds. The smallest absolute Gasteiger partial charge is 0.249 e. The van der Waals surface area contributed by atoms with Crippen molar-refractivity contribution in [1.82, 2.24) is 4.90 Å². The zero-order chi connectivity index (χ0) is 20.1. The number of ether oxygens (including phenoxy) is 1. The lowest BCUT2D eigenvalue weighted by molar-refractivity contribution is -0.143. The molecule has 2 aliphatic rings. The van der Waals surface area contributed by atoms with Crippen LogP contribution in [-0.2, 0) is 14.0 Å². The van der Waals surface area contributed by atoms with Crippen LogP contribution in [0.2, 0.25) is 18.1 Å². The van der Waals surface area contributed by atoms with E-state index in [9.17, 15) is 9.90 Å². The lowest BCUT2D eigenvalue weighted by atomic mass is 10.0. The molecule has 2 atom stereocenters. The van der Waals surface area contributed by atoms with Gasteiger partial charge in [0, 0.05) is 6.08 Å². The van der Waals surface area contributed by atoms with E-state index < -0.39 is 20.1 Å². The molecule has 150 valence electrons. The van der Waals surface area contributed by atoms with Crippen LogP contribution in [-0.4, -0.2) is 54.3 Å². The number of aliphatic hydroxyl groups is 1. The molecule has 0 spiro atoms. The van der Waals surface area contributed by atoms with Crippen LogP contribution >= 0.6 is 0 Å². The maximum atomic E-state index is 13.1. The van der Waals surface area contributed by atoms with E-state index in [1.165, 1.54) is 0 Å². The summed E-state index contributed by atoms with van der Waals surface area (Å²) >= 11 is 0. The van der Waals surface area contributed by atoms with Crippen LogP contribution in [0.1, 0.15) is 61.3 Å². The standard InChI is InChI=1S/C20H37NO4Si/c1-18(2,3)26(8,9)25-16-11-10-15(22)14(16)12-17(23)21-19(4,5)13-24-20(21,6)7/h12,15-16,22H,10-11,13H2,1-9H3/b14-12-/t15-,16+/m0/s1. The van der Waals surface area contributed by atoms with Gasteiger partial charge in [-0.05, 0) is 64.2 Å². The maximum Gasteiger partial charge on any atom is 0.249 e. The molecule has 1 heterocycles. The van der Waals surface area contributed by atoms with Crippen molar-refractivity contribution >= 4 is 14.2 Å². The Kier molecular flexibility index (Phi) is 5.59. The van der Waals surface area contributed by atoms with Crippen molar-refractivity contribution in [1.29, 1.82) is 0 Å². The highest BCUT2D eigenvalue weighted by atomic mass is 28.4. The van der Waals surface area contributed by atoms with Crippen LogP contribution in [0, 0.1) is 0 Å². The molecule has 1 saturated heterocycles. The van der Waals surface area contributed by atoms with E-state index in [0.717, 1.165) is 12.0 Å². The van der Waals surface area contributed by atoms with E-state index in [4.69, 9.17) is 9.16 Å². The molecule has 0 aromatic heterocycles. The number of nitrogens with zero attached hydrogens (tertiary/aromatic N) is 1. The summed E-state index contributed by atoms with van der Waals surface area (Å²) in [6.45, 7) is 19.3. The average molecular weight is 384 g/mol. The molecule has 1 N–H and O–H groups in total. The summed E-state index contributed by atoms with van der Waals surface area (Å²) in [6.07, 6.45) is 2.22. The Morgan fingerprint density at radius 1 is 1.27 bits per heavy atom. The Morgan fingerprint density at radius 2 is 1.85 bits per heavy atom. The Hall–Kier alpha value is -0.693. The minimum Gasteiger partial charge on any atom is -0.410 e. The second-order valence-electron chi connectivity index (χ2n) is 10.3. The van der Waals surface area contributed by atoms with Crippen molar-refractivity contribution in [2.75, 3.05) is 6.61 Å². The Bertz CT molecular complexity index is 573. The third kappa shape index (κ3) is 4.08. The first-order chi connectivity index (χ1) is 11.6. The number of hydrogen-bond donors (Lipinski definition) is 1. The summed E-state index contributed by atoms with van der Waals surface area (Å²) in [4.78, 5) is 14.9. The Morgan fingerprint density at radius 3 is 2.31 bits per heavy atom. The van der Waals surface area contributed by atoms with Crippen LogP contribution < -0.4 is 0 Å². The molecule has 0 radical (unpaired) electrons. The van der Waals surface area contributed by atoms with Crippen molar-refractivity contribution in [3.8, 4) is 0 Å². The molecule has 0 bridgehead atoms. The predicted molar refractivity (Wildman–Crippen MR) is 106 cm³/mol. The third-order valence-corrected chi connectivity index (χ3v) is 10.6. The summed E-state index contributed by atoms with van der Waals surface area (Å²) in [7, 11) is -1.98. The van der Waals surface area contributed by atoms with Crippen LogP contribution in [0.25, 0.3) is 0 Å². The SMILES string of the molecule is CC1(C)COC(C)(C)N1C(=O)/C=C1/[C@@H](O)CC[C@H]1O[Si](C)(C)C(C)(C)C. The molecule has 1 aliphatic carbocycles. The van der Waals surface area contributed by atoms with Crippen molar-refractivity contribution in [2.45, 2.75) is 103 Å². The second kappa shape index (κ2) is 6.73. The molecule has 26 heavy (non-hydrogen) atoms. The third-order valence-electron chi connectivity index (χ3n) is 6.13. The molecule has 0 aromatic rings. The van der Waals surface area contributed by atoms with E-state index in [2.05, 4.69) is 33.9 Å². The van der Waals surface area contributed by atoms with Gasteiger partial charge in [-0.25, -0.2) is 0 Å². The van der Waals surface area contributed by atoms with Crippen molar-refractivity contribution in [3.63, 3.8) is 0 Å². The molecular weight excluding hydrogens is 346 g/mol. The zero-order valence-corrected chi connectivity index (χ0v) is 19.0. The van der Waals surface area contributed by atoms with E-state index in [1.807, 2.05) is 27.7 Å². The summed E-state index contributed by atoms with van der Waals surface area (Å²) in [6, 6.07) is 0. The van der Waals surface area contributed by atoms with Gasteiger partial charge in [0.15, 0.2) is 8.32 Å². The highest BCUT2D eigenvalue weighted by Gasteiger charge is 2.49. The molecule has 6 heteroatoms. The second-order valence-corrected chi connectivity index (χ2v) is 15.1. The summed E-state index contributed by atoms with van der Waals surface area (Å²) < 4.78 is 12.3. The molecule has 5 nitrogen and oxygen atoms in total. The molecule has 1 saturated carbocycles. The first-order valence-corrected chi connectivity index (χ1v) is 12.5. The van der Waals surface area contributed by atoms with Gasteiger partial charge in [0.25, 0.3) is 0 Å². The number of hydrogen-bond acceptors (Lipinski definition) is 4. The predicted octanol–water partition coefficient (Wildman–Crippen LogP) is 3.83. The van der Waals surface area contributed by atoms with Gasteiger partial charge in [-0.2, -0.15) is 0 Å². The quantitative estimate of drug-likeness (QED) is 0.594. The van der Waals surface area contributed by atoms with Gasteiger partial charge in [0.05, 0.1) is 24.4 Å². The summed E-state index contributed by atoms with van der Waals surface area (Å²) in [5.41, 5.74) is -0.313. The van der Waals surface area contributed by atoms with Gasteiger partial charge in [-0.15, -0.1) is 0 Å². The molecular formula is C20H37NO4Si. The molecule has 1 aliphatic heterocycles. The lowest BCUT2D eigenvalue weighted by Gasteiger charge is -2.39. The fourth-order valence-electron chi connectivity index (χ4n) is 3.69. The van der Waals surface area contributed by atoms with Gasteiger partial charge in [-0.1, -0.05) is 20.8 Å². The van der Waals surface area contributed by atoms with Crippen LogP contribution in [0.5, 0.6) is 0 Å². The first-order valence-electron chi connectivity index (χ1n) is 9.64. The van der Waals surface area contributed by atoms with Gasteiger partial charge in [0.1, 0.15) is 5.72 Å². The number of rotatable bonds is 3. The van der Waals surface area contributed by atoms with Gasteiger partial charge < -0.3 is 19.2 Å². The molecule has 2 fully saturated rings. The zero-order valence-electron chi connectivity index (χ0n) is 18.0. The monoisotopic (exact) mass is 383 g/mol. The number of carbonyl (C=O) groups excluding carboxylic acids is 1. The molecule has 0 aromatic carbocycles. The van der Waals surface area contributed by atoms with Gasteiger partial charge in [-0.3, -0.25) is 4.79 Å². The van der Waals surface area contributed by atoms with Crippen molar-refractivity contribution < 1.29 is 19.1 Å². The van der Waals surface area contributed by atoms with Gasteiger partial charge >= 0.3 is 0 Å². The van der Waals surface area contributed by atoms with E-state index >= 15 is 0 Å². The average Bonchev–Trinajstić information content (AvgIpc) is 2.87. The maximum absolute atomic E-state index is 13.1. The minimum absolute atomic E-state index is 0.0857. The lowest BCUT2D eigenvalue weighted by Crippen LogP contribution is -2.52. The van der Waals surface area contributed by atoms with E-state index in [-0.39, 0.29) is 22.6 Å². The summed E-state index contributed by atoms with van der Waals surface area (Å²) in [5.74, 6) is -0.114. The normalized spacial score (nSPS) is 30.2. The van der Waals surface area contributed by atoms with Gasteiger partial charge in [0.2, 0.25) is 5.91 Å². The first kappa shape index (κ1) is 21.6. The van der Waals surface area contributed by atoms with Crippen LogP contribution in [0.15, 0.2) is 11.6 Å². The number of amides is 1. The Labute approximate surface area is 159 Å². The Balaban J connectivity index is 2.28. The van der Waals surface area contributed by atoms with E-state index in [1.54, 1.807) is 11.0 Å². The fraction of sp³-hybridized carbons (Fsp3) is 0.850. The fourth-order valence-corrected chi connectivity index (χ4v) is 5.01. The van der Waals surface area contributed by atoms with Crippen LogP contribution in [0.4, 0.5) is 0 Å². The van der Waals surface area contributed by atoms with Crippen molar-refractivity contribution in [2.24, 2.45) is 0 Å². The highest BCUT2D eigenvalue weighted by molar-refractivity contribution is 6.74. The highest BCUT2D eigenvalue weighted by Crippen LogP contribution is 2.41. The minimum atomic E-state index is -1.98. The topological polar surface area (TPSA) is 59.0 Å². The van der Waals surface area contributed by atoms with Crippen LogP contribution in [0.3, 0.4) is 0 Å². The largest absolute Gasteiger partial charge is 0.410 e. The molecule has 0 unspecified atom stereocenters. The van der Waals surface area contributed by atoms with E-state index in [0.29, 0.717) is 13.0 Å². The number of carbonyl (C=O) groups is 1. The number of aliphatic hydroxyl groups excluding tert-OH is 1.